The van der Waals surface area contributed by atoms with Crippen molar-refractivity contribution in [3.05, 3.63) is 50.9 Å². The van der Waals surface area contributed by atoms with E-state index < -0.39 is 0 Å². The number of halogens is 1. The molecule has 2 aromatic rings. The van der Waals surface area contributed by atoms with Crippen LogP contribution in [0.2, 0.25) is 0 Å². The highest BCUT2D eigenvalue weighted by Crippen LogP contribution is 2.28. The number of likely N-dealkylation sites (N-methyl/N-ethyl adjacent to an activating group) is 1. The molecular formula is C13H15BrN2S. The van der Waals surface area contributed by atoms with E-state index in [9.17, 15) is 0 Å². The Hall–Kier alpha value is -0.710. The second kappa shape index (κ2) is 6.28. The number of nitrogens with zero attached hydrogens (tertiary/aromatic N) is 1. The zero-order valence-electron chi connectivity index (χ0n) is 9.69. The largest absolute Gasteiger partial charge is 0.310 e. The molecule has 0 amide bonds. The van der Waals surface area contributed by atoms with E-state index in [1.165, 1.54) is 14.9 Å². The molecule has 4 heteroatoms. The fraction of sp³-hybridized carbons (Fsp3) is 0.308. The standard InChI is InChI=1S/C13H15BrN2S/c1-2-16-12(10-3-6-15-7-4-10)9-13-11(14)5-8-17-13/h3-8,12,16H,2,9H2,1H3. The normalized spacial score (nSPS) is 12.6. The third kappa shape index (κ3) is 3.37. The first kappa shape index (κ1) is 12.7. The molecule has 2 heterocycles. The van der Waals surface area contributed by atoms with E-state index in [0.717, 1.165) is 13.0 Å². The van der Waals surface area contributed by atoms with Gasteiger partial charge in [0.2, 0.25) is 0 Å². The van der Waals surface area contributed by atoms with Crippen molar-refractivity contribution in [2.45, 2.75) is 19.4 Å². The van der Waals surface area contributed by atoms with Gasteiger partial charge in [0.05, 0.1) is 0 Å². The Balaban J connectivity index is 2.16. The third-order valence-corrected chi connectivity index (χ3v) is 4.59. The summed E-state index contributed by atoms with van der Waals surface area (Å²) in [6.45, 7) is 3.10. The van der Waals surface area contributed by atoms with Gasteiger partial charge >= 0.3 is 0 Å². The molecule has 1 N–H and O–H groups in total. The van der Waals surface area contributed by atoms with Crippen molar-refractivity contribution in [1.82, 2.24) is 10.3 Å². The lowest BCUT2D eigenvalue weighted by Gasteiger charge is -2.17. The summed E-state index contributed by atoms with van der Waals surface area (Å²) in [5.41, 5.74) is 1.29. The van der Waals surface area contributed by atoms with Gasteiger partial charge in [0.15, 0.2) is 0 Å². The smallest absolute Gasteiger partial charge is 0.0370 e. The molecule has 0 aliphatic carbocycles. The lowest BCUT2D eigenvalue weighted by Crippen LogP contribution is -2.22. The molecule has 17 heavy (non-hydrogen) atoms. The topological polar surface area (TPSA) is 24.9 Å². The summed E-state index contributed by atoms with van der Waals surface area (Å²) < 4.78 is 1.21. The Morgan fingerprint density at radius 1 is 1.35 bits per heavy atom. The number of rotatable bonds is 5. The van der Waals surface area contributed by atoms with Crippen LogP contribution < -0.4 is 5.32 Å². The lowest BCUT2D eigenvalue weighted by atomic mass is 10.0. The number of pyridine rings is 1. The molecule has 0 bridgehead atoms. The van der Waals surface area contributed by atoms with Crippen LogP contribution in [-0.2, 0) is 6.42 Å². The molecule has 0 aliphatic rings. The number of aromatic nitrogens is 1. The lowest BCUT2D eigenvalue weighted by molar-refractivity contribution is 0.552. The minimum Gasteiger partial charge on any atom is -0.310 e. The first-order chi connectivity index (χ1) is 8.31. The minimum atomic E-state index is 0.359. The maximum atomic E-state index is 4.07. The van der Waals surface area contributed by atoms with Crippen LogP contribution in [0.3, 0.4) is 0 Å². The molecule has 2 rings (SSSR count). The molecule has 1 unspecified atom stereocenters. The van der Waals surface area contributed by atoms with Gasteiger partial charge in [-0.2, -0.15) is 0 Å². The molecular weight excluding hydrogens is 296 g/mol. The minimum absolute atomic E-state index is 0.359. The average Bonchev–Trinajstić information content (AvgIpc) is 2.76. The quantitative estimate of drug-likeness (QED) is 0.908. The van der Waals surface area contributed by atoms with E-state index >= 15 is 0 Å². The average molecular weight is 311 g/mol. The number of thiophene rings is 1. The fourth-order valence-electron chi connectivity index (χ4n) is 1.81. The maximum absolute atomic E-state index is 4.07. The van der Waals surface area contributed by atoms with Gasteiger partial charge in [-0.15, -0.1) is 11.3 Å². The Morgan fingerprint density at radius 3 is 2.71 bits per heavy atom. The first-order valence-corrected chi connectivity index (χ1v) is 7.33. The molecule has 0 aromatic carbocycles. The monoisotopic (exact) mass is 310 g/mol. The molecule has 1 atom stereocenters. The van der Waals surface area contributed by atoms with Gasteiger partial charge in [0.1, 0.15) is 0 Å². The van der Waals surface area contributed by atoms with Crippen LogP contribution in [0.15, 0.2) is 40.4 Å². The van der Waals surface area contributed by atoms with Crippen molar-refractivity contribution in [1.29, 1.82) is 0 Å². The van der Waals surface area contributed by atoms with Gasteiger partial charge in [-0.3, -0.25) is 4.98 Å². The van der Waals surface area contributed by atoms with Crippen LogP contribution in [0, 0.1) is 0 Å². The molecule has 0 fully saturated rings. The van der Waals surface area contributed by atoms with Crippen LogP contribution in [0.25, 0.3) is 0 Å². The third-order valence-electron chi connectivity index (χ3n) is 2.64. The van der Waals surface area contributed by atoms with Gasteiger partial charge < -0.3 is 5.32 Å². The molecule has 0 saturated carbocycles. The molecule has 0 radical (unpaired) electrons. The van der Waals surface area contributed by atoms with Gasteiger partial charge in [-0.05, 0) is 51.6 Å². The van der Waals surface area contributed by atoms with Crippen molar-refractivity contribution in [3.8, 4) is 0 Å². The molecule has 2 aromatic heterocycles. The van der Waals surface area contributed by atoms with Crippen LogP contribution >= 0.6 is 27.3 Å². The van der Waals surface area contributed by atoms with E-state index in [0.29, 0.717) is 6.04 Å². The van der Waals surface area contributed by atoms with Gasteiger partial charge in [0, 0.05) is 34.2 Å². The number of nitrogens with one attached hydrogen (secondary N) is 1. The molecule has 0 spiro atoms. The zero-order chi connectivity index (χ0) is 12.1. The highest BCUT2D eigenvalue weighted by atomic mass is 79.9. The number of hydrogen-bond acceptors (Lipinski definition) is 3. The van der Waals surface area contributed by atoms with Gasteiger partial charge in [-0.1, -0.05) is 6.92 Å². The van der Waals surface area contributed by atoms with Gasteiger partial charge in [-0.25, -0.2) is 0 Å². The van der Waals surface area contributed by atoms with Crippen LogP contribution in [-0.4, -0.2) is 11.5 Å². The molecule has 90 valence electrons. The van der Waals surface area contributed by atoms with E-state index in [2.05, 4.69) is 56.7 Å². The van der Waals surface area contributed by atoms with Crippen LogP contribution in [0.1, 0.15) is 23.4 Å². The van der Waals surface area contributed by atoms with Crippen LogP contribution in [0.4, 0.5) is 0 Å². The van der Waals surface area contributed by atoms with E-state index in [-0.39, 0.29) is 0 Å². The highest BCUT2D eigenvalue weighted by molar-refractivity contribution is 9.10. The molecule has 0 saturated heterocycles. The summed E-state index contributed by atoms with van der Waals surface area (Å²) in [5.74, 6) is 0. The number of hydrogen-bond donors (Lipinski definition) is 1. The van der Waals surface area contributed by atoms with Crippen molar-refractivity contribution in [2.24, 2.45) is 0 Å². The SMILES string of the molecule is CCNC(Cc1sccc1Br)c1ccncc1. The van der Waals surface area contributed by atoms with Crippen molar-refractivity contribution >= 4 is 27.3 Å². The van der Waals surface area contributed by atoms with Crippen molar-refractivity contribution in [2.75, 3.05) is 6.54 Å². The summed E-state index contributed by atoms with van der Waals surface area (Å²) in [4.78, 5) is 5.45. The van der Waals surface area contributed by atoms with Crippen molar-refractivity contribution < 1.29 is 0 Å². The maximum Gasteiger partial charge on any atom is 0.0370 e. The van der Waals surface area contributed by atoms with Gasteiger partial charge in [0.25, 0.3) is 0 Å². The Morgan fingerprint density at radius 2 is 2.12 bits per heavy atom. The van der Waals surface area contributed by atoms with Crippen LogP contribution in [0.5, 0.6) is 0 Å². The predicted octanol–water partition coefficient (Wildman–Crippen LogP) is 3.80. The molecule has 0 aliphatic heterocycles. The first-order valence-electron chi connectivity index (χ1n) is 5.66. The molecule has 2 nitrogen and oxygen atoms in total. The van der Waals surface area contributed by atoms with E-state index in [1.54, 1.807) is 11.3 Å². The summed E-state index contributed by atoms with van der Waals surface area (Å²) in [7, 11) is 0. The zero-order valence-corrected chi connectivity index (χ0v) is 12.1. The second-order valence-electron chi connectivity index (χ2n) is 3.79. The predicted molar refractivity (Wildman–Crippen MR) is 76.4 cm³/mol. The highest BCUT2D eigenvalue weighted by Gasteiger charge is 2.13. The second-order valence-corrected chi connectivity index (χ2v) is 5.64. The van der Waals surface area contributed by atoms with E-state index in [4.69, 9.17) is 0 Å². The summed E-state index contributed by atoms with van der Waals surface area (Å²) in [5, 5.41) is 5.64. The fourth-order valence-corrected chi connectivity index (χ4v) is 3.37. The summed E-state index contributed by atoms with van der Waals surface area (Å²) in [6, 6.07) is 6.62. The Labute approximate surface area is 114 Å². The Kier molecular flexibility index (Phi) is 4.71. The summed E-state index contributed by atoms with van der Waals surface area (Å²) in [6.07, 6.45) is 4.71. The Bertz CT molecular complexity index is 455. The van der Waals surface area contributed by atoms with E-state index in [1.807, 2.05) is 12.4 Å². The summed E-state index contributed by atoms with van der Waals surface area (Å²) >= 11 is 5.38. The van der Waals surface area contributed by atoms with Crippen molar-refractivity contribution in [3.63, 3.8) is 0 Å².